The average molecular weight is 551 g/mol. The highest BCUT2D eigenvalue weighted by atomic mass is 35.5. The maximum Gasteiger partial charge on any atom is 0.382 e. The minimum absolute atomic E-state index is 0.0166. The van der Waals surface area contributed by atoms with E-state index in [2.05, 4.69) is 15.0 Å². The highest BCUT2D eigenvalue weighted by Crippen LogP contribution is 2.49. The summed E-state index contributed by atoms with van der Waals surface area (Å²) in [6.07, 6.45) is 0. The smallest absolute Gasteiger partial charge is 0.382 e. The van der Waals surface area contributed by atoms with Crippen LogP contribution in [0, 0.1) is 0 Å². The number of hydrogen-bond acceptors (Lipinski definition) is 8. The summed E-state index contributed by atoms with van der Waals surface area (Å²) in [4.78, 5) is 13.4. The van der Waals surface area contributed by atoms with Crippen LogP contribution in [0.5, 0.6) is 6.01 Å². The lowest BCUT2D eigenvalue weighted by atomic mass is 10.2. The van der Waals surface area contributed by atoms with E-state index < -0.39 is 6.72 Å². The molecule has 6 nitrogen and oxygen atoms in total. The molecule has 0 atom stereocenters. The van der Waals surface area contributed by atoms with Gasteiger partial charge in [0.2, 0.25) is 0 Å². The number of aromatic nitrogens is 3. The number of hydrogen-bond donors (Lipinski definition) is 0. The third kappa shape index (κ3) is 7.02. The van der Waals surface area contributed by atoms with Crippen molar-refractivity contribution in [1.29, 1.82) is 0 Å². The molecule has 2 aromatic carbocycles. The molecule has 32 heavy (non-hydrogen) atoms. The molecule has 0 spiro atoms. The fraction of sp³-hybridized carbons (Fsp3) is 0.250. The Hall–Kier alpha value is -0.960. The zero-order valence-corrected chi connectivity index (χ0v) is 21.9. The van der Waals surface area contributed by atoms with Gasteiger partial charge >= 0.3 is 12.7 Å². The molecular weight excluding hydrogens is 532 g/mol. The predicted molar refractivity (Wildman–Crippen MR) is 134 cm³/mol. The van der Waals surface area contributed by atoms with Gasteiger partial charge in [0.15, 0.2) is 11.0 Å². The topological polar surface area (TPSA) is 66.4 Å². The first kappa shape index (κ1) is 25.7. The molecule has 0 unspecified atom stereocenters. The lowest BCUT2D eigenvalue weighted by Crippen LogP contribution is -2.06. The van der Waals surface area contributed by atoms with Crippen LogP contribution in [0.4, 0.5) is 0 Å². The fourth-order valence-electron chi connectivity index (χ4n) is 2.48. The van der Waals surface area contributed by atoms with E-state index in [4.69, 9.17) is 60.2 Å². The van der Waals surface area contributed by atoms with Crippen LogP contribution in [0.2, 0.25) is 15.1 Å². The van der Waals surface area contributed by atoms with Crippen molar-refractivity contribution < 1.29 is 13.6 Å². The molecule has 0 N–H and O–H groups in total. The number of benzene rings is 2. The van der Waals surface area contributed by atoms with E-state index in [1.165, 1.54) is 11.8 Å². The van der Waals surface area contributed by atoms with Gasteiger partial charge in [-0.1, -0.05) is 52.6 Å². The lowest BCUT2D eigenvalue weighted by molar-refractivity contribution is 0.213. The van der Waals surface area contributed by atoms with Crippen LogP contribution in [-0.2, 0) is 26.6 Å². The van der Waals surface area contributed by atoms with Crippen molar-refractivity contribution in [3.63, 3.8) is 0 Å². The summed E-state index contributed by atoms with van der Waals surface area (Å²) in [7, 11) is 0. The Kier molecular flexibility index (Phi) is 9.58. The van der Waals surface area contributed by atoms with Gasteiger partial charge in [0.05, 0.1) is 13.2 Å². The fourth-order valence-corrected chi connectivity index (χ4v) is 6.10. The molecule has 0 bridgehead atoms. The lowest BCUT2D eigenvalue weighted by Gasteiger charge is -2.20. The highest BCUT2D eigenvalue weighted by molar-refractivity contribution is 8.07. The molecule has 1 aromatic heterocycles. The third-order valence-corrected chi connectivity index (χ3v) is 8.10. The Bertz CT molecular complexity index is 1090. The minimum atomic E-state index is -3.07. The first-order chi connectivity index (χ1) is 15.3. The molecule has 170 valence electrons. The molecule has 0 fully saturated rings. The molecule has 0 aliphatic rings. The second-order valence-electron chi connectivity index (χ2n) is 6.09. The van der Waals surface area contributed by atoms with Crippen molar-refractivity contribution in [1.82, 2.24) is 15.0 Å². The van der Waals surface area contributed by atoms with Crippen LogP contribution >= 0.6 is 53.3 Å². The van der Waals surface area contributed by atoms with Crippen LogP contribution < -0.4 is 4.52 Å². The van der Waals surface area contributed by atoms with Crippen LogP contribution in [-0.4, -0.2) is 28.2 Å². The Morgan fingerprint density at radius 1 is 0.906 bits per heavy atom. The van der Waals surface area contributed by atoms with Gasteiger partial charge in [-0.25, -0.2) is 4.98 Å². The quantitative estimate of drug-likeness (QED) is 0.190. The Morgan fingerprint density at radius 2 is 1.53 bits per heavy atom. The first-order valence-electron chi connectivity index (χ1n) is 9.50. The molecule has 12 heteroatoms. The molecule has 0 aliphatic heterocycles. The number of nitrogens with zero attached hydrogens (tertiary/aromatic N) is 3. The molecule has 1 heterocycles. The minimum Gasteiger partial charge on any atom is -0.389 e. The van der Waals surface area contributed by atoms with Gasteiger partial charge < -0.3 is 4.52 Å². The average Bonchev–Trinajstić information content (AvgIpc) is 2.74. The van der Waals surface area contributed by atoms with Crippen molar-refractivity contribution in [2.75, 3.05) is 13.2 Å². The van der Waals surface area contributed by atoms with Gasteiger partial charge in [-0.2, -0.15) is 9.97 Å². The van der Waals surface area contributed by atoms with Crippen LogP contribution in [0.25, 0.3) is 11.4 Å². The van der Waals surface area contributed by atoms with Gasteiger partial charge in [-0.3, -0.25) is 9.05 Å². The van der Waals surface area contributed by atoms with E-state index in [1.807, 2.05) is 26.0 Å². The Labute approximate surface area is 211 Å². The summed E-state index contributed by atoms with van der Waals surface area (Å²) in [5, 5.41) is 2.14. The summed E-state index contributed by atoms with van der Waals surface area (Å²) in [6, 6.07) is 12.5. The van der Waals surface area contributed by atoms with Crippen LogP contribution in [0.3, 0.4) is 0 Å². The van der Waals surface area contributed by atoms with Crippen LogP contribution in [0.15, 0.2) is 47.6 Å². The highest BCUT2D eigenvalue weighted by Gasteiger charge is 2.24. The monoisotopic (exact) mass is 549 g/mol. The van der Waals surface area contributed by atoms with Gasteiger partial charge in [-0.15, -0.1) is 0 Å². The molecule has 0 amide bonds. The summed E-state index contributed by atoms with van der Waals surface area (Å²) in [6.45, 7) is 1.22. The molecule has 0 radical (unpaired) electrons. The zero-order chi connectivity index (χ0) is 23.1. The summed E-state index contributed by atoms with van der Waals surface area (Å²) in [5.74, 6) is 0.849. The maximum absolute atomic E-state index is 6.30. The van der Waals surface area contributed by atoms with E-state index in [-0.39, 0.29) is 6.01 Å². The van der Waals surface area contributed by atoms with Crippen LogP contribution in [0.1, 0.15) is 19.4 Å². The van der Waals surface area contributed by atoms with Crippen molar-refractivity contribution in [2.45, 2.75) is 24.8 Å². The first-order valence-corrected chi connectivity index (χ1v) is 14.2. The number of halogens is 3. The Morgan fingerprint density at radius 3 is 2.12 bits per heavy atom. The van der Waals surface area contributed by atoms with Crippen molar-refractivity contribution in [3.8, 4) is 17.4 Å². The van der Waals surface area contributed by atoms with Crippen molar-refractivity contribution >= 4 is 65.1 Å². The Balaban J connectivity index is 1.96. The van der Waals surface area contributed by atoms with E-state index in [0.717, 1.165) is 11.1 Å². The molecule has 3 aromatic rings. The van der Waals surface area contributed by atoms with Gasteiger partial charge in [0, 0.05) is 38.2 Å². The summed E-state index contributed by atoms with van der Waals surface area (Å²) >= 11 is 25.4. The van der Waals surface area contributed by atoms with Crippen molar-refractivity contribution in [2.24, 2.45) is 0 Å². The SMILES string of the molecule is CCOP(=S)(OCC)Oc1nc(SCc2c(Cl)cccc2Cl)nc(-c2ccc(Cl)cc2)n1. The van der Waals surface area contributed by atoms with E-state index in [9.17, 15) is 0 Å². The predicted octanol–water partition coefficient (Wildman–Crippen LogP) is 7.47. The second kappa shape index (κ2) is 12.0. The van der Waals surface area contributed by atoms with Crippen molar-refractivity contribution in [3.05, 3.63) is 63.1 Å². The summed E-state index contributed by atoms with van der Waals surface area (Å²) < 4.78 is 17.0. The second-order valence-corrected chi connectivity index (χ2v) is 11.2. The third-order valence-electron chi connectivity index (χ3n) is 3.87. The maximum atomic E-state index is 6.30. The zero-order valence-electron chi connectivity index (χ0n) is 17.1. The molecule has 0 saturated carbocycles. The largest absolute Gasteiger partial charge is 0.389 e. The van der Waals surface area contributed by atoms with E-state index in [0.29, 0.717) is 45.0 Å². The molecule has 0 aliphatic carbocycles. The molecule has 0 saturated heterocycles. The van der Waals surface area contributed by atoms with Gasteiger partial charge in [0.25, 0.3) is 0 Å². The van der Waals surface area contributed by atoms with E-state index >= 15 is 0 Å². The molecular formula is C20H19Cl3N3O3PS2. The summed E-state index contributed by atoms with van der Waals surface area (Å²) in [5.41, 5.74) is 1.52. The number of thioether (sulfide) groups is 1. The number of rotatable bonds is 10. The molecule has 3 rings (SSSR count). The standard InChI is InChI=1S/C20H19Cl3N3O3PS2/c1-3-27-30(31,28-4-2)29-19-24-18(13-8-10-14(21)11-9-13)25-20(26-19)32-12-15-16(22)6-5-7-17(15)23/h5-11H,3-4,12H2,1-2H3. The van der Waals surface area contributed by atoms with Gasteiger partial charge in [-0.05, 0) is 55.8 Å². The van der Waals surface area contributed by atoms with Gasteiger partial charge in [0.1, 0.15) is 0 Å². The normalized spacial score (nSPS) is 11.5. The van der Waals surface area contributed by atoms with E-state index in [1.54, 1.807) is 30.3 Å².